The fourth-order valence-corrected chi connectivity index (χ4v) is 5.38. The van der Waals surface area contributed by atoms with E-state index in [0.29, 0.717) is 5.82 Å². The molecule has 10 heteroatoms. The van der Waals surface area contributed by atoms with Crippen molar-refractivity contribution < 1.29 is 4.74 Å². The first kappa shape index (κ1) is 21.2. The van der Waals surface area contributed by atoms with E-state index in [2.05, 4.69) is 46.9 Å². The van der Waals surface area contributed by atoms with Crippen molar-refractivity contribution in [2.45, 2.75) is 18.9 Å². The van der Waals surface area contributed by atoms with Crippen LogP contribution in [-0.4, -0.2) is 54.3 Å². The van der Waals surface area contributed by atoms with Crippen molar-refractivity contribution in [3.05, 3.63) is 60.6 Å². The van der Waals surface area contributed by atoms with Crippen molar-refractivity contribution in [3.8, 4) is 39.0 Å². The summed E-state index contributed by atoms with van der Waals surface area (Å²) < 4.78 is 6.19. The van der Waals surface area contributed by atoms with Gasteiger partial charge in [-0.05, 0) is 49.5 Å². The van der Waals surface area contributed by atoms with Crippen molar-refractivity contribution in [3.63, 3.8) is 0 Å². The summed E-state index contributed by atoms with van der Waals surface area (Å²) in [7, 11) is 0. The molecule has 3 N–H and O–H groups in total. The highest BCUT2D eigenvalue weighted by atomic mass is 32.1. The number of nitrogens with one attached hydrogen (secondary N) is 3. The molecule has 9 nitrogen and oxygen atoms in total. The van der Waals surface area contributed by atoms with E-state index in [0.717, 1.165) is 81.0 Å². The summed E-state index contributed by atoms with van der Waals surface area (Å²) in [5.74, 6) is 1.44. The van der Waals surface area contributed by atoms with E-state index in [1.807, 2.05) is 30.6 Å². The largest absolute Gasteiger partial charge is 0.489 e. The van der Waals surface area contributed by atoms with E-state index in [1.54, 1.807) is 29.9 Å². The van der Waals surface area contributed by atoms with Gasteiger partial charge in [0.05, 0.1) is 35.3 Å². The molecular formula is C26H22N8OS. The number of aromatic nitrogens is 7. The molecule has 1 fully saturated rings. The molecule has 7 heterocycles. The van der Waals surface area contributed by atoms with E-state index >= 15 is 0 Å². The molecule has 6 aromatic rings. The number of thiophene rings is 1. The minimum Gasteiger partial charge on any atom is -0.489 e. The van der Waals surface area contributed by atoms with E-state index in [-0.39, 0.29) is 6.10 Å². The van der Waals surface area contributed by atoms with E-state index < -0.39 is 0 Å². The lowest BCUT2D eigenvalue weighted by Crippen LogP contribution is -2.34. The summed E-state index contributed by atoms with van der Waals surface area (Å²) in [6.45, 7) is 1.96. The van der Waals surface area contributed by atoms with E-state index in [1.165, 1.54) is 0 Å². The predicted molar refractivity (Wildman–Crippen MR) is 140 cm³/mol. The molecule has 7 rings (SSSR count). The minimum atomic E-state index is 0.209. The van der Waals surface area contributed by atoms with Gasteiger partial charge in [-0.2, -0.15) is 5.10 Å². The van der Waals surface area contributed by atoms with Crippen molar-refractivity contribution >= 4 is 33.3 Å². The van der Waals surface area contributed by atoms with Gasteiger partial charge in [-0.1, -0.05) is 6.07 Å². The van der Waals surface area contributed by atoms with Gasteiger partial charge in [0, 0.05) is 33.8 Å². The molecule has 1 aliphatic heterocycles. The second-order valence-electron chi connectivity index (χ2n) is 8.81. The molecule has 0 aliphatic carbocycles. The normalized spacial score (nSPS) is 14.6. The lowest BCUT2D eigenvalue weighted by Gasteiger charge is -2.23. The quantitative estimate of drug-likeness (QED) is 0.315. The standard InChI is InChI=1S/C26H22N8OS/c1-2-23(36-7-1)19-12-29-13-22-24(19)32-26(31-22)25-18-9-20(30-14-21(18)33-34-25)15-8-17(11-28-10-15)35-16-3-5-27-6-4-16/h1-2,7-14,16,27H,3-6H2,(H,31,32)(H,33,34). The fraction of sp³-hybridized carbons (Fsp3) is 0.192. The van der Waals surface area contributed by atoms with Crippen LogP contribution < -0.4 is 10.1 Å². The summed E-state index contributed by atoms with van der Waals surface area (Å²) in [4.78, 5) is 22.9. The maximum atomic E-state index is 6.19. The number of ether oxygens (including phenoxy) is 1. The van der Waals surface area contributed by atoms with Crippen LogP contribution in [0.15, 0.2) is 60.6 Å². The topological polar surface area (TPSA) is 117 Å². The zero-order valence-electron chi connectivity index (χ0n) is 19.2. The van der Waals surface area contributed by atoms with Crippen LogP contribution in [0.2, 0.25) is 0 Å². The zero-order chi connectivity index (χ0) is 23.9. The van der Waals surface area contributed by atoms with Crippen LogP contribution >= 0.6 is 11.3 Å². The molecule has 0 aromatic carbocycles. The summed E-state index contributed by atoms with van der Waals surface area (Å²) in [5, 5.41) is 14.0. The highest BCUT2D eigenvalue weighted by molar-refractivity contribution is 7.13. The minimum absolute atomic E-state index is 0.209. The number of hydrogen-bond acceptors (Lipinski definition) is 8. The van der Waals surface area contributed by atoms with Crippen molar-refractivity contribution in [1.82, 2.24) is 40.4 Å². The number of fused-ring (bicyclic) bond motifs is 2. The van der Waals surface area contributed by atoms with Gasteiger partial charge in [-0.3, -0.25) is 20.1 Å². The number of H-pyrrole nitrogens is 2. The molecule has 0 spiro atoms. The van der Waals surface area contributed by atoms with Crippen LogP contribution in [0.5, 0.6) is 5.75 Å². The Labute approximate surface area is 210 Å². The van der Waals surface area contributed by atoms with Crippen LogP contribution in [0.4, 0.5) is 0 Å². The molecule has 1 aliphatic rings. The van der Waals surface area contributed by atoms with Crippen molar-refractivity contribution in [2.24, 2.45) is 0 Å². The Morgan fingerprint density at radius 1 is 0.972 bits per heavy atom. The third-order valence-electron chi connectivity index (χ3n) is 6.45. The van der Waals surface area contributed by atoms with Gasteiger partial charge < -0.3 is 15.0 Å². The van der Waals surface area contributed by atoms with E-state index in [4.69, 9.17) is 9.72 Å². The maximum absolute atomic E-state index is 6.19. The van der Waals surface area contributed by atoms with Gasteiger partial charge in [0.25, 0.3) is 0 Å². The van der Waals surface area contributed by atoms with Crippen LogP contribution in [-0.2, 0) is 0 Å². The van der Waals surface area contributed by atoms with Gasteiger partial charge in [-0.15, -0.1) is 11.3 Å². The number of rotatable bonds is 5. The Hall–Kier alpha value is -4.15. The second kappa shape index (κ2) is 8.81. The summed E-state index contributed by atoms with van der Waals surface area (Å²) in [6.07, 6.45) is 11.2. The summed E-state index contributed by atoms with van der Waals surface area (Å²) in [6, 6.07) is 8.13. The molecule has 36 heavy (non-hydrogen) atoms. The van der Waals surface area contributed by atoms with Crippen molar-refractivity contribution in [2.75, 3.05) is 13.1 Å². The van der Waals surface area contributed by atoms with Crippen molar-refractivity contribution in [1.29, 1.82) is 0 Å². The predicted octanol–water partition coefficient (Wildman–Crippen LogP) is 4.82. The Balaban J connectivity index is 1.26. The fourth-order valence-electron chi connectivity index (χ4n) is 4.64. The summed E-state index contributed by atoms with van der Waals surface area (Å²) in [5.41, 5.74) is 6.00. The molecule has 0 amide bonds. The Morgan fingerprint density at radius 3 is 2.78 bits per heavy atom. The van der Waals surface area contributed by atoms with Crippen LogP contribution in [0, 0.1) is 0 Å². The Bertz CT molecular complexity index is 1670. The Kier molecular flexibility index (Phi) is 5.18. The molecule has 0 saturated carbocycles. The zero-order valence-corrected chi connectivity index (χ0v) is 20.0. The number of pyridine rings is 3. The number of aromatic amines is 2. The Morgan fingerprint density at radius 2 is 1.89 bits per heavy atom. The first-order valence-corrected chi connectivity index (χ1v) is 12.7. The third kappa shape index (κ3) is 3.80. The van der Waals surface area contributed by atoms with Crippen LogP contribution in [0.25, 0.3) is 55.2 Å². The monoisotopic (exact) mass is 494 g/mol. The van der Waals surface area contributed by atoms with Crippen LogP contribution in [0.1, 0.15) is 12.8 Å². The second-order valence-corrected chi connectivity index (χ2v) is 9.76. The molecule has 6 aromatic heterocycles. The highest BCUT2D eigenvalue weighted by Gasteiger charge is 2.18. The average molecular weight is 495 g/mol. The molecule has 178 valence electrons. The number of piperidine rings is 1. The van der Waals surface area contributed by atoms with Gasteiger partial charge >= 0.3 is 0 Å². The summed E-state index contributed by atoms with van der Waals surface area (Å²) >= 11 is 1.67. The number of hydrogen-bond donors (Lipinski definition) is 3. The maximum Gasteiger partial charge on any atom is 0.159 e. The first-order chi connectivity index (χ1) is 17.8. The van der Waals surface area contributed by atoms with Gasteiger partial charge in [-0.25, -0.2) is 4.98 Å². The lowest BCUT2D eigenvalue weighted by atomic mass is 10.1. The third-order valence-corrected chi connectivity index (χ3v) is 7.35. The highest BCUT2D eigenvalue weighted by Crippen LogP contribution is 2.33. The van der Waals surface area contributed by atoms with Gasteiger partial charge in [0.1, 0.15) is 23.1 Å². The van der Waals surface area contributed by atoms with Crippen LogP contribution in [0.3, 0.4) is 0 Å². The van der Waals surface area contributed by atoms with Gasteiger partial charge in [0.2, 0.25) is 0 Å². The average Bonchev–Trinajstić information content (AvgIpc) is 3.68. The first-order valence-electron chi connectivity index (χ1n) is 11.9. The van der Waals surface area contributed by atoms with E-state index in [9.17, 15) is 0 Å². The molecule has 0 unspecified atom stereocenters. The smallest absolute Gasteiger partial charge is 0.159 e. The van der Waals surface area contributed by atoms with Gasteiger partial charge in [0.15, 0.2) is 5.82 Å². The molecule has 0 atom stereocenters. The molecular weight excluding hydrogens is 472 g/mol. The SMILES string of the molecule is c1csc(-c2cncc3[nH]c(-c4n[nH]c5cnc(-c6cncc(OC7CCNCC7)c6)cc45)nc23)c1. The molecule has 1 saturated heterocycles. The number of nitrogens with zero attached hydrogens (tertiary/aromatic N) is 5. The molecule has 0 bridgehead atoms. The lowest BCUT2D eigenvalue weighted by molar-refractivity contribution is 0.162. The molecule has 0 radical (unpaired) electrons. The number of imidazole rings is 1.